The molecule has 0 atom stereocenters. The van der Waals surface area contributed by atoms with Crippen molar-refractivity contribution in [1.82, 2.24) is 5.32 Å². The molecule has 0 spiro atoms. The van der Waals surface area contributed by atoms with Gasteiger partial charge in [0.2, 0.25) is 0 Å². The van der Waals surface area contributed by atoms with Gasteiger partial charge in [0.1, 0.15) is 0 Å². The Balaban J connectivity index is 2.89. The van der Waals surface area contributed by atoms with Crippen LogP contribution in [0.3, 0.4) is 0 Å². The van der Waals surface area contributed by atoms with Gasteiger partial charge in [-0.1, -0.05) is 30.1 Å². The van der Waals surface area contributed by atoms with Crippen LogP contribution in [0.15, 0.2) is 18.2 Å². The number of hydrogen-bond donors (Lipinski definition) is 1. The Hall–Kier alpha value is -0.730. The predicted molar refractivity (Wildman–Crippen MR) is 68.3 cm³/mol. The number of amides is 1. The van der Waals surface area contributed by atoms with Crippen molar-refractivity contribution in [3.63, 3.8) is 0 Å². The van der Waals surface area contributed by atoms with E-state index in [2.05, 4.69) is 5.32 Å². The Bertz CT molecular complexity index is 382. The van der Waals surface area contributed by atoms with Gasteiger partial charge in [0, 0.05) is 21.1 Å². The van der Waals surface area contributed by atoms with Crippen LogP contribution < -0.4 is 5.32 Å². The zero-order valence-corrected chi connectivity index (χ0v) is 11.1. The van der Waals surface area contributed by atoms with Crippen LogP contribution in [-0.4, -0.2) is 11.4 Å². The first kappa shape index (κ1) is 13.3. The molecule has 0 aromatic heterocycles. The fourth-order valence-corrected chi connectivity index (χ4v) is 1.68. The lowest BCUT2D eigenvalue weighted by Gasteiger charge is -2.24. The Labute approximate surface area is 106 Å². The largest absolute Gasteiger partial charge is 0.347 e. The molecule has 0 unspecified atom stereocenters. The van der Waals surface area contributed by atoms with Crippen molar-refractivity contribution in [3.8, 4) is 0 Å². The molecule has 0 bridgehead atoms. The standard InChI is InChI=1S/C12H15Cl2NO/c1-4-12(2,3)15-11(16)8-5-9(13)7-10(14)6-8/h5-7H,4H2,1-3H3,(H,15,16). The SMILES string of the molecule is CCC(C)(C)NC(=O)c1cc(Cl)cc(Cl)c1. The molecule has 16 heavy (non-hydrogen) atoms. The average molecular weight is 260 g/mol. The molecule has 0 aliphatic rings. The van der Waals surface area contributed by atoms with Gasteiger partial charge in [-0.05, 0) is 38.5 Å². The molecule has 2 nitrogen and oxygen atoms in total. The van der Waals surface area contributed by atoms with Crippen LogP contribution >= 0.6 is 23.2 Å². The summed E-state index contributed by atoms with van der Waals surface area (Å²) < 4.78 is 0. The molecular weight excluding hydrogens is 245 g/mol. The third-order valence-corrected chi connectivity index (χ3v) is 2.90. The molecule has 0 aliphatic carbocycles. The van der Waals surface area contributed by atoms with Gasteiger partial charge in [-0.25, -0.2) is 0 Å². The Morgan fingerprint density at radius 1 is 1.25 bits per heavy atom. The molecular formula is C12H15Cl2NO. The van der Waals surface area contributed by atoms with Gasteiger partial charge < -0.3 is 5.32 Å². The summed E-state index contributed by atoms with van der Waals surface area (Å²) in [5.74, 6) is -0.156. The lowest BCUT2D eigenvalue weighted by molar-refractivity contribution is 0.0911. The van der Waals surface area contributed by atoms with Gasteiger partial charge in [-0.15, -0.1) is 0 Å². The molecule has 1 N–H and O–H groups in total. The summed E-state index contributed by atoms with van der Waals surface area (Å²) in [7, 11) is 0. The summed E-state index contributed by atoms with van der Waals surface area (Å²) in [5.41, 5.74) is 0.255. The van der Waals surface area contributed by atoms with E-state index in [0.29, 0.717) is 15.6 Å². The van der Waals surface area contributed by atoms with Crippen LogP contribution in [0.4, 0.5) is 0 Å². The zero-order chi connectivity index (χ0) is 12.3. The Morgan fingerprint density at radius 3 is 2.19 bits per heavy atom. The summed E-state index contributed by atoms with van der Waals surface area (Å²) in [4.78, 5) is 11.9. The first-order valence-corrected chi connectivity index (χ1v) is 5.88. The monoisotopic (exact) mass is 259 g/mol. The molecule has 4 heteroatoms. The first-order chi connectivity index (χ1) is 7.34. The van der Waals surface area contributed by atoms with Gasteiger partial charge in [-0.3, -0.25) is 4.79 Å². The molecule has 0 aliphatic heterocycles. The number of benzene rings is 1. The van der Waals surface area contributed by atoms with Gasteiger partial charge >= 0.3 is 0 Å². The number of carbonyl (C=O) groups excluding carboxylic acids is 1. The fraction of sp³-hybridized carbons (Fsp3) is 0.417. The third-order valence-electron chi connectivity index (χ3n) is 2.46. The van der Waals surface area contributed by atoms with E-state index in [-0.39, 0.29) is 11.4 Å². The van der Waals surface area contributed by atoms with Gasteiger partial charge in [0.05, 0.1) is 0 Å². The van der Waals surface area contributed by atoms with Gasteiger partial charge in [0.25, 0.3) is 5.91 Å². The maximum atomic E-state index is 11.9. The highest BCUT2D eigenvalue weighted by molar-refractivity contribution is 6.35. The van der Waals surface area contributed by atoms with Crippen molar-refractivity contribution in [2.45, 2.75) is 32.7 Å². The number of halogens is 2. The molecule has 1 amide bonds. The molecule has 0 radical (unpaired) electrons. The maximum absolute atomic E-state index is 11.9. The second-order valence-corrected chi connectivity index (χ2v) is 5.22. The summed E-state index contributed by atoms with van der Waals surface area (Å²) >= 11 is 11.7. The van der Waals surface area contributed by atoms with Crippen LogP contribution in [0.5, 0.6) is 0 Å². The third kappa shape index (κ3) is 3.69. The van der Waals surface area contributed by atoms with Gasteiger partial charge in [0.15, 0.2) is 0 Å². The fourth-order valence-electron chi connectivity index (χ4n) is 1.15. The number of nitrogens with one attached hydrogen (secondary N) is 1. The smallest absolute Gasteiger partial charge is 0.251 e. The van der Waals surface area contributed by atoms with Crippen molar-refractivity contribution in [3.05, 3.63) is 33.8 Å². The van der Waals surface area contributed by atoms with E-state index in [4.69, 9.17) is 23.2 Å². The van der Waals surface area contributed by atoms with Crippen LogP contribution in [0.25, 0.3) is 0 Å². The summed E-state index contributed by atoms with van der Waals surface area (Å²) in [6.07, 6.45) is 0.854. The van der Waals surface area contributed by atoms with E-state index in [1.165, 1.54) is 0 Å². The maximum Gasteiger partial charge on any atom is 0.251 e. The molecule has 88 valence electrons. The first-order valence-electron chi connectivity index (χ1n) is 5.12. The van der Waals surface area contributed by atoms with Crippen LogP contribution in [0, 0.1) is 0 Å². The van der Waals surface area contributed by atoms with Crippen molar-refractivity contribution < 1.29 is 4.79 Å². The lowest BCUT2D eigenvalue weighted by atomic mass is 10.0. The van der Waals surface area contributed by atoms with E-state index in [0.717, 1.165) is 6.42 Å². The molecule has 1 aromatic rings. The highest BCUT2D eigenvalue weighted by Gasteiger charge is 2.19. The number of rotatable bonds is 3. The van der Waals surface area contributed by atoms with Crippen molar-refractivity contribution in [2.75, 3.05) is 0 Å². The van der Waals surface area contributed by atoms with E-state index in [1.54, 1.807) is 18.2 Å². The molecule has 0 saturated heterocycles. The average Bonchev–Trinajstić information content (AvgIpc) is 2.15. The van der Waals surface area contributed by atoms with Crippen LogP contribution in [-0.2, 0) is 0 Å². The molecule has 1 rings (SSSR count). The molecule has 1 aromatic carbocycles. The zero-order valence-electron chi connectivity index (χ0n) is 9.60. The Kier molecular flexibility index (Phi) is 4.22. The highest BCUT2D eigenvalue weighted by atomic mass is 35.5. The summed E-state index contributed by atoms with van der Waals surface area (Å²) in [6.45, 7) is 5.96. The summed E-state index contributed by atoms with van der Waals surface area (Å²) in [6, 6.07) is 4.81. The number of hydrogen-bond acceptors (Lipinski definition) is 1. The second kappa shape index (κ2) is 5.07. The quantitative estimate of drug-likeness (QED) is 0.877. The topological polar surface area (TPSA) is 29.1 Å². The minimum Gasteiger partial charge on any atom is -0.347 e. The molecule has 0 heterocycles. The highest BCUT2D eigenvalue weighted by Crippen LogP contribution is 2.19. The molecule has 0 fully saturated rings. The van der Waals surface area contributed by atoms with Crippen LogP contribution in [0.1, 0.15) is 37.6 Å². The van der Waals surface area contributed by atoms with Crippen LogP contribution in [0.2, 0.25) is 10.0 Å². The predicted octanol–water partition coefficient (Wildman–Crippen LogP) is 3.91. The second-order valence-electron chi connectivity index (χ2n) is 4.35. The van der Waals surface area contributed by atoms with Gasteiger partial charge in [-0.2, -0.15) is 0 Å². The van der Waals surface area contributed by atoms with Crippen molar-refractivity contribution in [1.29, 1.82) is 0 Å². The van der Waals surface area contributed by atoms with E-state index < -0.39 is 0 Å². The van der Waals surface area contributed by atoms with E-state index in [9.17, 15) is 4.79 Å². The number of carbonyl (C=O) groups is 1. The lowest BCUT2D eigenvalue weighted by Crippen LogP contribution is -2.42. The normalized spacial score (nSPS) is 11.3. The minimum atomic E-state index is -0.230. The van der Waals surface area contributed by atoms with Crippen molar-refractivity contribution >= 4 is 29.1 Å². The van der Waals surface area contributed by atoms with E-state index in [1.807, 2.05) is 20.8 Å². The molecule has 0 saturated carbocycles. The van der Waals surface area contributed by atoms with Crippen molar-refractivity contribution in [2.24, 2.45) is 0 Å². The van der Waals surface area contributed by atoms with E-state index >= 15 is 0 Å². The summed E-state index contributed by atoms with van der Waals surface area (Å²) in [5, 5.41) is 3.85. The Morgan fingerprint density at radius 2 is 1.75 bits per heavy atom. The minimum absolute atomic E-state index is 0.156.